The lowest BCUT2D eigenvalue weighted by Crippen LogP contribution is -2.40. The minimum absolute atomic E-state index is 0.0180. The first-order valence-corrected chi connectivity index (χ1v) is 10.3. The Hall–Kier alpha value is -3.29. The van der Waals surface area contributed by atoms with Crippen molar-refractivity contribution >= 4 is 22.8 Å². The molecule has 0 aliphatic heterocycles. The molecule has 8 heteroatoms. The van der Waals surface area contributed by atoms with Crippen molar-refractivity contribution in [3.63, 3.8) is 0 Å². The zero-order chi connectivity index (χ0) is 23.4. The van der Waals surface area contributed by atoms with Crippen LogP contribution in [-0.2, 0) is 10.2 Å². The van der Waals surface area contributed by atoms with Crippen molar-refractivity contribution < 1.29 is 33.0 Å². The van der Waals surface area contributed by atoms with Crippen molar-refractivity contribution in [3.05, 3.63) is 64.6 Å². The van der Waals surface area contributed by atoms with Crippen molar-refractivity contribution in [1.82, 2.24) is 4.57 Å². The number of halogens is 3. The third-order valence-electron chi connectivity index (χ3n) is 6.77. The minimum atomic E-state index is -1.59. The highest BCUT2D eigenvalue weighted by Crippen LogP contribution is 2.48. The molecule has 1 aliphatic carbocycles. The van der Waals surface area contributed by atoms with Crippen LogP contribution in [0.3, 0.4) is 0 Å². The molecule has 1 aromatic heterocycles. The first-order chi connectivity index (χ1) is 15.1. The van der Waals surface area contributed by atoms with E-state index in [-0.39, 0.29) is 33.6 Å². The van der Waals surface area contributed by atoms with E-state index in [4.69, 9.17) is 0 Å². The summed E-state index contributed by atoms with van der Waals surface area (Å²) in [6, 6.07) is 5.64. The second kappa shape index (κ2) is 7.69. The fourth-order valence-electron chi connectivity index (χ4n) is 5.12. The molecule has 0 bridgehead atoms. The van der Waals surface area contributed by atoms with Gasteiger partial charge in [0.2, 0.25) is 0 Å². The van der Waals surface area contributed by atoms with Crippen molar-refractivity contribution in [2.45, 2.75) is 44.9 Å². The van der Waals surface area contributed by atoms with Crippen LogP contribution >= 0.6 is 0 Å². The molecular weight excluding hydrogens is 423 g/mol. The summed E-state index contributed by atoms with van der Waals surface area (Å²) in [5.41, 5.74) is -1.75. The minimum Gasteiger partial charge on any atom is -0.503 e. The average molecular weight is 445 g/mol. The number of rotatable bonds is 4. The molecule has 1 aliphatic rings. The Balaban J connectivity index is 2.10. The molecule has 2 N–H and O–H groups in total. The summed E-state index contributed by atoms with van der Waals surface area (Å²) >= 11 is 0. The monoisotopic (exact) mass is 445 g/mol. The molecule has 32 heavy (non-hydrogen) atoms. The van der Waals surface area contributed by atoms with Crippen LogP contribution in [-0.4, -0.2) is 26.7 Å². The van der Waals surface area contributed by atoms with E-state index in [1.165, 1.54) is 26.0 Å². The van der Waals surface area contributed by atoms with Crippen LogP contribution in [0.15, 0.2) is 30.3 Å². The topological polar surface area (TPSA) is 79.5 Å². The normalized spacial score (nSPS) is 16.4. The molecule has 4 rings (SSSR count). The van der Waals surface area contributed by atoms with Crippen LogP contribution in [0.1, 0.15) is 54.2 Å². The standard InChI is InChI=1S/C24H22F3NO4/c1-12-19(24(2,23(31)32)14-7-3-4-8-14)18-17(11-16(26)21(29)20(18)27)28(12)22(30)13-6-5-9-15(25)10-13/h5-6,9-11,14,29H,3-4,7-8H2,1-2H3,(H,31,32)/t24-/m1/s1. The van der Waals surface area contributed by atoms with E-state index in [1.807, 2.05) is 0 Å². The first kappa shape index (κ1) is 21.9. The maximum absolute atomic E-state index is 15.3. The van der Waals surface area contributed by atoms with Gasteiger partial charge in [0.15, 0.2) is 17.4 Å². The van der Waals surface area contributed by atoms with E-state index >= 15 is 4.39 Å². The van der Waals surface area contributed by atoms with E-state index in [0.29, 0.717) is 12.8 Å². The molecule has 1 fully saturated rings. The van der Waals surface area contributed by atoms with Gasteiger partial charge in [0, 0.05) is 28.3 Å². The summed E-state index contributed by atoms with van der Waals surface area (Å²) < 4.78 is 44.3. The maximum atomic E-state index is 15.3. The molecule has 0 unspecified atom stereocenters. The summed E-state index contributed by atoms with van der Waals surface area (Å²) in [6.45, 7) is 2.93. The molecule has 0 amide bonds. The lowest BCUT2D eigenvalue weighted by molar-refractivity contribution is -0.145. The van der Waals surface area contributed by atoms with Gasteiger partial charge in [-0.1, -0.05) is 18.9 Å². The molecule has 0 radical (unpaired) electrons. The number of nitrogens with zero attached hydrogens (tertiary/aromatic N) is 1. The van der Waals surface area contributed by atoms with E-state index in [0.717, 1.165) is 35.6 Å². The Morgan fingerprint density at radius 2 is 1.78 bits per heavy atom. The molecule has 1 saturated carbocycles. The number of aromatic hydroxyl groups is 1. The van der Waals surface area contributed by atoms with Gasteiger partial charge in [-0.25, -0.2) is 13.2 Å². The van der Waals surface area contributed by atoms with Crippen LogP contribution in [0.4, 0.5) is 13.2 Å². The second-order valence-electron chi connectivity index (χ2n) is 8.52. The Morgan fingerprint density at radius 3 is 2.38 bits per heavy atom. The summed E-state index contributed by atoms with van der Waals surface area (Å²) in [6.07, 6.45) is 2.83. The number of benzene rings is 2. The maximum Gasteiger partial charge on any atom is 0.314 e. The van der Waals surface area contributed by atoms with Gasteiger partial charge in [0.25, 0.3) is 5.91 Å². The van der Waals surface area contributed by atoms with Crippen molar-refractivity contribution in [2.75, 3.05) is 0 Å². The number of carbonyl (C=O) groups excluding carboxylic acids is 1. The lowest BCUT2D eigenvalue weighted by Gasteiger charge is -2.32. The first-order valence-electron chi connectivity index (χ1n) is 10.3. The highest BCUT2D eigenvalue weighted by molar-refractivity contribution is 6.06. The number of phenols is 1. The molecule has 168 valence electrons. The van der Waals surface area contributed by atoms with E-state index in [2.05, 4.69) is 0 Å². The molecule has 5 nitrogen and oxygen atoms in total. The Bertz CT molecular complexity index is 1260. The van der Waals surface area contributed by atoms with Gasteiger partial charge in [0.05, 0.1) is 10.9 Å². The quantitative estimate of drug-likeness (QED) is 0.572. The van der Waals surface area contributed by atoms with Crippen molar-refractivity contribution in [1.29, 1.82) is 0 Å². The summed E-state index contributed by atoms with van der Waals surface area (Å²) in [7, 11) is 0. The Kier molecular flexibility index (Phi) is 5.27. The SMILES string of the molecule is Cc1c([C@](C)(C(=O)O)C2CCCC2)c2c(F)c(O)c(F)cc2n1C(=O)c1cccc(F)c1. The second-order valence-corrected chi connectivity index (χ2v) is 8.52. The molecular formula is C24H22F3NO4. The molecule has 2 aromatic carbocycles. The highest BCUT2D eigenvalue weighted by atomic mass is 19.1. The van der Waals surface area contributed by atoms with Crippen LogP contribution in [0.2, 0.25) is 0 Å². The van der Waals surface area contributed by atoms with Crippen LogP contribution in [0.25, 0.3) is 10.9 Å². The number of hydrogen-bond donors (Lipinski definition) is 2. The van der Waals surface area contributed by atoms with Crippen molar-refractivity contribution in [2.24, 2.45) is 5.92 Å². The summed E-state index contributed by atoms with van der Waals surface area (Å²) in [4.78, 5) is 25.9. The van der Waals surface area contributed by atoms with Gasteiger partial charge in [-0.2, -0.15) is 0 Å². The van der Waals surface area contributed by atoms with Gasteiger partial charge >= 0.3 is 5.97 Å². The van der Waals surface area contributed by atoms with Gasteiger partial charge in [-0.05, 0) is 50.8 Å². The average Bonchev–Trinajstić information content (AvgIpc) is 3.38. The zero-order valence-corrected chi connectivity index (χ0v) is 17.6. The molecule has 1 atom stereocenters. The molecule has 1 heterocycles. The Labute approximate surface area is 182 Å². The van der Waals surface area contributed by atoms with E-state index < -0.39 is 40.5 Å². The predicted octanol–water partition coefficient (Wildman–Crippen LogP) is 5.29. The highest BCUT2D eigenvalue weighted by Gasteiger charge is 2.48. The Morgan fingerprint density at radius 1 is 1.12 bits per heavy atom. The number of carbonyl (C=O) groups is 2. The smallest absolute Gasteiger partial charge is 0.314 e. The lowest BCUT2D eigenvalue weighted by atomic mass is 9.69. The van der Waals surface area contributed by atoms with Gasteiger partial charge < -0.3 is 10.2 Å². The number of aromatic nitrogens is 1. The molecule has 0 spiro atoms. The molecule has 0 saturated heterocycles. The number of carboxylic acid groups (broad SMARTS) is 1. The predicted molar refractivity (Wildman–Crippen MR) is 111 cm³/mol. The largest absolute Gasteiger partial charge is 0.503 e. The number of phenolic OH excluding ortho intramolecular Hbond substituents is 1. The third kappa shape index (κ3) is 3.08. The van der Waals surface area contributed by atoms with Gasteiger partial charge in [0.1, 0.15) is 5.82 Å². The number of carboxylic acids is 1. The zero-order valence-electron chi connectivity index (χ0n) is 17.6. The number of fused-ring (bicyclic) bond motifs is 1. The van der Waals surface area contributed by atoms with Crippen LogP contribution in [0.5, 0.6) is 5.75 Å². The van der Waals surface area contributed by atoms with Gasteiger partial charge in [-0.15, -0.1) is 0 Å². The fraction of sp³-hybridized carbons (Fsp3) is 0.333. The fourth-order valence-corrected chi connectivity index (χ4v) is 5.12. The van der Waals surface area contributed by atoms with E-state index in [1.54, 1.807) is 0 Å². The van der Waals surface area contributed by atoms with Crippen LogP contribution in [0, 0.1) is 30.3 Å². The third-order valence-corrected chi connectivity index (χ3v) is 6.77. The molecule has 3 aromatic rings. The van der Waals surface area contributed by atoms with E-state index in [9.17, 15) is 28.6 Å². The van der Waals surface area contributed by atoms with Gasteiger partial charge in [-0.3, -0.25) is 14.2 Å². The summed E-state index contributed by atoms with van der Waals surface area (Å²) in [5.74, 6) is -6.82. The van der Waals surface area contributed by atoms with Crippen LogP contribution < -0.4 is 0 Å². The number of aliphatic carboxylic acids is 1. The number of hydrogen-bond acceptors (Lipinski definition) is 3. The summed E-state index contributed by atoms with van der Waals surface area (Å²) in [5, 5.41) is 19.9. The van der Waals surface area contributed by atoms with Crippen molar-refractivity contribution in [3.8, 4) is 5.75 Å².